The fourth-order valence-corrected chi connectivity index (χ4v) is 4.51. The Balaban J connectivity index is 2.37. The molecule has 0 aliphatic heterocycles. The first-order chi connectivity index (χ1) is 6.19. The molecule has 2 fully saturated rings. The van der Waals surface area contributed by atoms with Crippen LogP contribution in [0.5, 0.6) is 0 Å². The molecule has 0 heterocycles. The molecule has 2 aliphatic carbocycles. The summed E-state index contributed by atoms with van der Waals surface area (Å²) in [5, 5.41) is 0.501. The lowest BCUT2D eigenvalue weighted by atomic mass is 9.43. The molecule has 0 N–H and O–H groups in total. The molecule has 3 unspecified atom stereocenters. The normalized spacial score (nSPS) is 45.7. The second-order valence-electron chi connectivity index (χ2n) is 7.53. The van der Waals surface area contributed by atoms with Crippen molar-refractivity contribution in [3.63, 3.8) is 0 Å². The average Bonchev–Trinajstić information content (AvgIpc) is 2.32. The van der Waals surface area contributed by atoms with Crippen LogP contribution < -0.4 is 0 Å². The molecule has 0 amide bonds. The summed E-state index contributed by atoms with van der Waals surface area (Å²) in [5.41, 5.74) is 1.20. The van der Waals surface area contributed by atoms with E-state index in [9.17, 15) is 0 Å². The lowest BCUT2D eigenvalue weighted by Gasteiger charge is -2.45. The average molecular weight is 190 g/mol. The van der Waals surface area contributed by atoms with E-state index in [0.717, 1.165) is 11.8 Å². The third-order valence-corrected chi connectivity index (χ3v) is 5.84. The van der Waals surface area contributed by atoms with Crippen LogP contribution in [0, 0.1) is 22.7 Å². The molecular formula is C12H24B2. The van der Waals surface area contributed by atoms with Gasteiger partial charge in [0.1, 0.15) is 0 Å². The maximum Gasteiger partial charge on any atom is 0.0992 e. The molecule has 0 aromatic rings. The van der Waals surface area contributed by atoms with Crippen molar-refractivity contribution in [3.05, 3.63) is 0 Å². The molecule has 3 atom stereocenters. The standard InChI is InChI=1S/C12H24B2/c1-10(2)8-5-6-11(10,3)9(7-8)12(4,13)14/h8-9H,5-7,13-14H2,1-4H3. The zero-order chi connectivity index (χ0) is 10.8. The van der Waals surface area contributed by atoms with Crippen LogP contribution in [0.15, 0.2) is 0 Å². The summed E-state index contributed by atoms with van der Waals surface area (Å²) >= 11 is 0. The van der Waals surface area contributed by atoms with Crippen molar-refractivity contribution in [2.45, 2.75) is 52.2 Å². The summed E-state index contributed by atoms with van der Waals surface area (Å²) in [7, 11) is 4.86. The topological polar surface area (TPSA) is 0 Å². The van der Waals surface area contributed by atoms with Gasteiger partial charge in [-0.2, -0.15) is 0 Å². The van der Waals surface area contributed by atoms with Gasteiger partial charge in [-0.1, -0.05) is 32.9 Å². The van der Waals surface area contributed by atoms with Gasteiger partial charge in [-0.05, 0) is 41.9 Å². The number of hydrogen-bond donors (Lipinski definition) is 0. The highest BCUT2D eigenvalue weighted by molar-refractivity contribution is 6.39. The van der Waals surface area contributed by atoms with Gasteiger partial charge in [0.05, 0.1) is 15.7 Å². The first kappa shape index (κ1) is 10.6. The maximum absolute atomic E-state index is 2.55. The molecule has 2 heteroatoms. The molecule has 2 bridgehead atoms. The van der Waals surface area contributed by atoms with Crippen LogP contribution >= 0.6 is 0 Å². The van der Waals surface area contributed by atoms with Crippen molar-refractivity contribution in [2.24, 2.45) is 22.7 Å². The Labute approximate surface area is 91.0 Å². The summed E-state index contributed by atoms with van der Waals surface area (Å²) in [6.07, 6.45) is 4.43. The number of rotatable bonds is 1. The van der Waals surface area contributed by atoms with Gasteiger partial charge in [0.25, 0.3) is 0 Å². The predicted octanol–water partition coefficient (Wildman–Crippen LogP) is 1.85. The lowest BCUT2D eigenvalue weighted by molar-refractivity contribution is 0.0942. The third-order valence-electron chi connectivity index (χ3n) is 5.84. The van der Waals surface area contributed by atoms with Gasteiger partial charge < -0.3 is 0 Å². The molecule has 0 aromatic carbocycles. The van der Waals surface area contributed by atoms with Gasteiger partial charge >= 0.3 is 0 Å². The molecule has 0 aromatic heterocycles. The molecule has 0 radical (unpaired) electrons. The van der Waals surface area contributed by atoms with E-state index in [2.05, 4.69) is 43.4 Å². The minimum Gasteiger partial charge on any atom is -0.0839 e. The molecular weight excluding hydrogens is 166 g/mol. The predicted molar refractivity (Wildman–Crippen MR) is 68.2 cm³/mol. The van der Waals surface area contributed by atoms with E-state index in [1.807, 2.05) is 0 Å². The van der Waals surface area contributed by atoms with E-state index in [4.69, 9.17) is 0 Å². The van der Waals surface area contributed by atoms with Crippen molar-refractivity contribution in [1.29, 1.82) is 0 Å². The van der Waals surface area contributed by atoms with Crippen molar-refractivity contribution in [2.75, 3.05) is 0 Å². The lowest BCUT2D eigenvalue weighted by Crippen LogP contribution is -2.38. The van der Waals surface area contributed by atoms with Gasteiger partial charge in [-0.15, -0.1) is 0 Å². The van der Waals surface area contributed by atoms with Crippen LogP contribution in [0.2, 0.25) is 5.21 Å². The Morgan fingerprint density at radius 2 is 1.79 bits per heavy atom. The van der Waals surface area contributed by atoms with E-state index in [1.165, 1.54) is 19.3 Å². The van der Waals surface area contributed by atoms with Crippen molar-refractivity contribution >= 4 is 15.7 Å². The van der Waals surface area contributed by atoms with E-state index in [-0.39, 0.29) is 0 Å². The Kier molecular flexibility index (Phi) is 1.99. The molecule has 0 nitrogen and oxygen atoms in total. The second kappa shape index (κ2) is 2.62. The molecule has 2 aliphatic rings. The summed E-state index contributed by atoms with van der Waals surface area (Å²) in [6.45, 7) is 10.0. The maximum atomic E-state index is 2.55. The van der Waals surface area contributed by atoms with Crippen LogP contribution in [0.4, 0.5) is 0 Å². The smallest absolute Gasteiger partial charge is 0.0839 e. The Morgan fingerprint density at radius 1 is 1.21 bits per heavy atom. The van der Waals surface area contributed by atoms with Crippen LogP contribution in [0.25, 0.3) is 0 Å². The molecule has 78 valence electrons. The number of fused-ring (bicyclic) bond motifs is 2. The van der Waals surface area contributed by atoms with Gasteiger partial charge in [-0.3, -0.25) is 0 Å². The number of hydrogen-bond acceptors (Lipinski definition) is 0. The molecule has 0 saturated heterocycles. The summed E-state index contributed by atoms with van der Waals surface area (Å²) in [6, 6.07) is 0. The highest BCUT2D eigenvalue weighted by Crippen LogP contribution is 2.71. The van der Waals surface area contributed by atoms with Crippen molar-refractivity contribution in [3.8, 4) is 0 Å². The van der Waals surface area contributed by atoms with Gasteiger partial charge in [0.2, 0.25) is 0 Å². The zero-order valence-electron chi connectivity index (χ0n) is 10.8. The van der Waals surface area contributed by atoms with Gasteiger partial charge in [0.15, 0.2) is 0 Å². The Morgan fingerprint density at radius 3 is 2.00 bits per heavy atom. The van der Waals surface area contributed by atoms with Crippen LogP contribution in [0.3, 0.4) is 0 Å². The van der Waals surface area contributed by atoms with Gasteiger partial charge in [0, 0.05) is 0 Å². The van der Waals surface area contributed by atoms with Crippen LogP contribution in [-0.2, 0) is 0 Å². The Hall–Kier alpha value is 0.130. The minimum atomic E-state index is 0.501. The largest absolute Gasteiger partial charge is 0.0992 e. The monoisotopic (exact) mass is 190 g/mol. The molecule has 2 saturated carbocycles. The SMILES string of the molecule is BC(B)(C)C1CC2CCC1(C)C2(C)C. The quantitative estimate of drug-likeness (QED) is 0.553. The van der Waals surface area contributed by atoms with Crippen LogP contribution in [0.1, 0.15) is 47.0 Å². The van der Waals surface area contributed by atoms with E-state index >= 15 is 0 Å². The second-order valence-corrected chi connectivity index (χ2v) is 7.53. The zero-order valence-corrected chi connectivity index (χ0v) is 10.8. The van der Waals surface area contributed by atoms with E-state index in [0.29, 0.717) is 16.0 Å². The highest BCUT2D eigenvalue weighted by Gasteiger charge is 2.62. The van der Waals surface area contributed by atoms with Crippen LogP contribution in [-0.4, -0.2) is 15.7 Å². The Bertz CT molecular complexity index is 252. The summed E-state index contributed by atoms with van der Waals surface area (Å²) < 4.78 is 0. The molecule has 0 spiro atoms. The summed E-state index contributed by atoms with van der Waals surface area (Å²) in [4.78, 5) is 0. The fraction of sp³-hybridized carbons (Fsp3) is 1.00. The first-order valence-electron chi connectivity index (χ1n) is 6.19. The first-order valence-corrected chi connectivity index (χ1v) is 6.19. The van der Waals surface area contributed by atoms with Crippen molar-refractivity contribution < 1.29 is 0 Å². The van der Waals surface area contributed by atoms with E-state index < -0.39 is 0 Å². The highest BCUT2D eigenvalue weighted by atomic mass is 14.7. The molecule has 14 heavy (non-hydrogen) atoms. The summed E-state index contributed by atoms with van der Waals surface area (Å²) in [5.74, 6) is 1.93. The van der Waals surface area contributed by atoms with E-state index in [1.54, 1.807) is 0 Å². The third kappa shape index (κ3) is 1.09. The fourth-order valence-electron chi connectivity index (χ4n) is 4.51. The van der Waals surface area contributed by atoms with Gasteiger partial charge in [-0.25, -0.2) is 0 Å². The minimum absolute atomic E-state index is 0.501. The molecule has 2 rings (SSSR count). The van der Waals surface area contributed by atoms with Crippen molar-refractivity contribution in [1.82, 2.24) is 0 Å².